The van der Waals surface area contributed by atoms with E-state index in [1.807, 2.05) is 57.2 Å². The van der Waals surface area contributed by atoms with Gasteiger partial charge in [-0.15, -0.1) is 0 Å². The highest BCUT2D eigenvalue weighted by molar-refractivity contribution is 7.92. The molecular weight excluding hydrogens is 438 g/mol. The molecule has 2 aromatic rings. The molecule has 1 atom stereocenters. The first-order valence-electron chi connectivity index (χ1n) is 11.2. The van der Waals surface area contributed by atoms with Crippen LogP contribution < -0.4 is 9.62 Å². The first-order valence-corrected chi connectivity index (χ1v) is 13.1. The van der Waals surface area contributed by atoms with Crippen LogP contribution in [0, 0.1) is 13.8 Å². The Kier molecular flexibility index (Phi) is 9.46. The second-order valence-electron chi connectivity index (χ2n) is 8.24. The molecule has 1 N–H and O–H groups in total. The summed E-state index contributed by atoms with van der Waals surface area (Å²) in [6, 6.07) is 14.4. The van der Waals surface area contributed by atoms with Gasteiger partial charge in [-0.1, -0.05) is 42.5 Å². The Balaban J connectivity index is 2.18. The van der Waals surface area contributed by atoms with Gasteiger partial charge in [0.15, 0.2) is 0 Å². The summed E-state index contributed by atoms with van der Waals surface area (Å²) in [5.41, 5.74) is 3.47. The minimum absolute atomic E-state index is 0.132. The summed E-state index contributed by atoms with van der Waals surface area (Å²) in [7, 11) is -3.51. The van der Waals surface area contributed by atoms with Crippen molar-refractivity contribution < 1.29 is 18.0 Å². The van der Waals surface area contributed by atoms with Gasteiger partial charge in [0.2, 0.25) is 21.8 Å². The Morgan fingerprint density at radius 3 is 2.18 bits per heavy atom. The van der Waals surface area contributed by atoms with Crippen molar-refractivity contribution in [2.45, 2.75) is 53.1 Å². The topological polar surface area (TPSA) is 86.8 Å². The van der Waals surface area contributed by atoms with Gasteiger partial charge >= 0.3 is 0 Å². The average Bonchev–Trinajstić information content (AvgIpc) is 2.75. The number of amides is 2. The molecule has 0 aromatic heterocycles. The molecule has 0 saturated carbocycles. The summed E-state index contributed by atoms with van der Waals surface area (Å²) in [4.78, 5) is 27.3. The molecule has 8 heteroatoms. The van der Waals surface area contributed by atoms with Crippen molar-refractivity contribution in [1.29, 1.82) is 0 Å². The summed E-state index contributed by atoms with van der Waals surface area (Å²) < 4.78 is 26.2. The molecule has 0 saturated heterocycles. The lowest BCUT2D eigenvalue weighted by atomic mass is 10.1. The number of para-hydroxylation sites is 1. The highest BCUT2D eigenvalue weighted by Gasteiger charge is 2.26. The van der Waals surface area contributed by atoms with E-state index in [1.165, 1.54) is 10.6 Å². The number of nitrogens with one attached hydrogen (secondary N) is 1. The summed E-state index contributed by atoms with van der Waals surface area (Å²) in [6.07, 6.45) is 1.64. The number of nitrogens with zero attached hydrogens (tertiary/aromatic N) is 2. The second-order valence-corrected chi connectivity index (χ2v) is 10.2. The van der Waals surface area contributed by atoms with Crippen LogP contribution in [0.2, 0.25) is 0 Å². The zero-order chi connectivity index (χ0) is 24.6. The number of hydrogen-bond acceptors (Lipinski definition) is 4. The number of aryl methyl sites for hydroxylation is 2. The van der Waals surface area contributed by atoms with Crippen molar-refractivity contribution in [1.82, 2.24) is 10.2 Å². The van der Waals surface area contributed by atoms with Crippen molar-refractivity contribution in [3.05, 3.63) is 65.2 Å². The standard InChI is InChI=1S/C25H35N3O4S/c1-6-26-25(30)21(4)27(18-22-14-9-7-12-19(22)2)24(29)16-11-17-28(33(5,31)32)23-15-10-8-13-20(23)3/h7-10,12-15,21H,6,11,16-18H2,1-5H3,(H,26,30). The van der Waals surface area contributed by atoms with Crippen molar-refractivity contribution >= 4 is 27.5 Å². The molecule has 2 amide bonds. The van der Waals surface area contributed by atoms with Crippen LogP contribution in [0.5, 0.6) is 0 Å². The number of hydrogen-bond donors (Lipinski definition) is 1. The number of sulfonamides is 1. The molecule has 0 bridgehead atoms. The number of anilines is 1. The maximum absolute atomic E-state index is 13.2. The summed E-state index contributed by atoms with van der Waals surface area (Å²) in [5.74, 6) is -0.396. The molecule has 180 valence electrons. The molecule has 0 radical (unpaired) electrons. The van der Waals surface area contributed by atoms with Gasteiger partial charge in [0.25, 0.3) is 0 Å². The molecule has 0 aliphatic heterocycles. The van der Waals surface area contributed by atoms with Gasteiger partial charge in [0, 0.05) is 26.1 Å². The predicted octanol–water partition coefficient (Wildman–Crippen LogP) is 3.40. The van der Waals surface area contributed by atoms with Gasteiger partial charge in [-0.3, -0.25) is 13.9 Å². The minimum Gasteiger partial charge on any atom is -0.355 e. The van der Waals surface area contributed by atoms with Gasteiger partial charge < -0.3 is 10.2 Å². The highest BCUT2D eigenvalue weighted by Crippen LogP contribution is 2.23. The fourth-order valence-corrected chi connectivity index (χ4v) is 4.72. The lowest BCUT2D eigenvalue weighted by molar-refractivity contribution is -0.140. The van der Waals surface area contributed by atoms with E-state index in [9.17, 15) is 18.0 Å². The largest absolute Gasteiger partial charge is 0.355 e. The molecular formula is C25H35N3O4S. The average molecular weight is 474 g/mol. The Morgan fingerprint density at radius 1 is 1.00 bits per heavy atom. The Hall–Kier alpha value is -2.87. The van der Waals surface area contributed by atoms with Crippen LogP contribution in [-0.2, 0) is 26.2 Å². The van der Waals surface area contributed by atoms with Crippen molar-refractivity contribution in [2.75, 3.05) is 23.7 Å². The lowest BCUT2D eigenvalue weighted by Crippen LogP contribution is -2.47. The number of carbonyl (C=O) groups is 2. The SMILES string of the molecule is CCNC(=O)C(C)N(Cc1ccccc1C)C(=O)CCCN(c1ccccc1C)S(C)(=O)=O. The number of carbonyl (C=O) groups excluding carboxylic acids is 2. The number of benzene rings is 2. The van der Waals surface area contributed by atoms with E-state index >= 15 is 0 Å². The fourth-order valence-electron chi connectivity index (χ4n) is 3.70. The van der Waals surface area contributed by atoms with E-state index in [0.717, 1.165) is 16.7 Å². The summed E-state index contributed by atoms with van der Waals surface area (Å²) in [6.45, 7) is 8.37. The van der Waals surface area contributed by atoms with E-state index in [0.29, 0.717) is 25.2 Å². The first kappa shape index (κ1) is 26.4. The van der Waals surface area contributed by atoms with Crippen molar-refractivity contribution in [2.24, 2.45) is 0 Å². The monoisotopic (exact) mass is 473 g/mol. The van der Waals surface area contributed by atoms with Crippen LogP contribution in [-0.4, -0.2) is 50.5 Å². The summed E-state index contributed by atoms with van der Waals surface area (Å²) in [5, 5.41) is 2.78. The third-order valence-electron chi connectivity index (χ3n) is 5.66. The normalized spacial score (nSPS) is 12.2. The zero-order valence-electron chi connectivity index (χ0n) is 20.2. The predicted molar refractivity (Wildman–Crippen MR) is 132 cm³/mol. The minimum atomic E-state index is -3.51. The molecule has 7 nitrogen and oxygen atoms in total. The van der Waals surface area contributed by atoms with Crippen LogP contribution in [0.3, 0.4) is 0 Å². The Labute approximate surface area is 197 Å². The molecule has 0 aliphatic rings. The van der Waals surface area contributed by atoms with Gasteiger partial charge in [-0.25, -0.2) is 8.42 Å². The van der Waals surface area contributed by atoms with Gasteiger partial charge in [-0.05, 0) is 56.9 Å². The van der Waals surface area contributed by atoms with Crippen molar-refractivity contribution in [3.8, 4) is 0 Å². The first-order chi connectivity index (χ1) is 15.6. The third-order valence-corrected chi connectivity index (χ3v) is 6.84. The molecule has 0 fully saturated rings. The second kappa shape index (κ2) is 11.8. The summed E-state index contributed by atoms with van der Waals surface area (Å²) >= 11 is 0. The van der Waals surface area contributed by atoms with Crippen molar-refractivity contribution in [3.63, 3.8) is 0 Å². The molecule has 0 spiro atoms. The van der Waals surface area contributed by atoms with Crippen LogP contribution in [0.4, 0.5) is 5.69 Å². The number of rotatable bonds is 11. The molecule has 0 heterocycles. The molecule has 33 heavy (non-hydrogen) atoms. The van der Waals surface area contributed by atoms with E-state index in [1.54, 1.807) is 24.0 Å². The van der Waals surface area contributed by atoms with Crippen LogP contribution in [0.15, 0.2) is 48.5 Å². The molecule has 2 rings (SSSR count). The van der Waals surface area contributed by atoms with E-state index in [4.69, 9.17) is 0 Å². The Morgan fingerprint density at radius 2 is 1.61 bits per heavy atom. The van der Waals surface area contributed by atoms with Crippen LogP contribution >= 0.6 is 0 Å². The van der Waals surface area contributed by atoms with Gasteiger partial charge in [0.1, 0.15) is 6.04 Å². The Bertz CT molecular complexity index is 1070. The fraction of sp³-hybridized carbons (Fsp3) is 0.440. The quantitative estimate of drug-likeness (QED) is 0.542. The van der Waals surface area contributed by atoms with E-state index in [-0.39, 0.29) is 24.8 Å². The lowest BCUT2D eigenvalue weighted by Gasteiger charge is -2.30. The third kappa shape index (κ3) is 7.32. The maximum Gasteiger partial charge on any atom is 0.242 e. The van der Waals surface area contributed by atoms with Gasteiger partial charge in [0.05, 0.1) is 11.9 Å². The molecule has 0 aliphatic carbocycles. The number of likely N-dealkylation sites (N-methyl/N-ethyl adjacent to an activating group) is 1. The van der Waals surface area contributed by atoms with Gasteiger partial charge in [-0.2, -0.15) is 0 Å². The smallest absolute Gasteiger partial charge is 0.242 e. The highest BCUT2D eigenvalue weighted by atomic mass is 32.2. The zero-order valence-corrected chi connectivity index (χ0v) is 21.0. The van der Waals surface area contributed by atoms with Crippen LogP contribution in [0.1, 0.15) is 43.4 Å². The van der Waals surface area contributed by atoms with E-state index in [2.05, 4.69) is 5.32 Å². The maximum atomic E-state index is 13.2. The van der Waals surface area contributed by atoms with E-state index < -0.39 is 16.1 Å². The molecule has 1 unspecified atom stereocenters. The molecule has 2 aromatic carbocycles. The van der Waals surface area contributed by atoms with Crippen LogP contribution in [0.25, 0.3) is 0 Å².